The highest BCUT2D eigenvalue weighted by molar-refractivity contribution is 7.80. The van der Waals surface area contributed by atoms with Crippen LogP contribution < -0.4 is 10.5 Å². The van der Waals surface area contributed by atoms with Gasteiger partial charge < -0.3 is 19.9 Å². The Kier molecular flexibility index (Phi) is 7.97. The molecule has 1 amide bonds. The van der Waals surface area contributed by atoms with Crippen LogP contribution in [0, 0.1) is 5.41 Å². The van der Waals surface area contributed by atoms with Crippen LogP contribution in [0.25, 0.3) is 11.1 Å². The summed E-state index contributed by atoms with van der Waals surface area (Å²) >= 11 is -2.49. The number of nitrogens with zero attached hydrogens (tertiary/aromatic N) is 1. The largest absolute Gasteiger partial charge is 0.755 e. The maximum Gasteiger partial charge on any atom is 0.227 e. The normalized spacial score (nSPS) is 11.8. The van der Waals surface area contributed by atoms with Crippen LogP contribution in [0.3, 0.4) is 0 Å². The second-order valence-corrected chi connectivity index (χ2v) is 8.66. The fourth-order valence-corrected chi connectivity index (χ4v) is 3.96. The SMILES string of the molecule is CC(C)N(Cc1cccc(C(=N)N)c1)C(=O)Cc1ccc(-c2ccccc2)c(NS(=O)[O-])c1. The number of nitrogens with two attached hydrogens (primary N) is 1. The lowest BCUT2D eigenvalue weighted by Crippen LogP contribution is -2.37. The van der Waals surface area contributed by atoms with E-state index >= 15 is 0 Å². The molecule has 0 radical (unpaired) electrons. The zero-order valence-electron chi connectivity index (χ0n) is 18.6. The van der Waals surface area contributed by atoms with Gasteiger partial charge in [-0.05, 0) is 42.7 Å². The summed E-state index contributed by atoms with van der Waals surface area (Å²) < 4.78 is 25.2. The van der Waals surface area contributed by atoms with E-state index in [4.69, 9.17) is 11.1 Å². The molecule has 0 aliphatic rings. The minimum absolute atomic E-state index is 0.0198. The third-order valence-corrected chi connectivity index (χ3v) is 5.64. The fraction of sp³-hybridized carbons (Fsp3) is 0.200. The van der Waals surface area contributed by atoms with E-state index in [1.54, 1.807) is 17.0 Å². The lowest BCUT2D eigenvalue weighted by Gasteiger charge is -2.27. The van der Waals surface area contributed by atoms with Crippen molar-refractivity contribution in [3.8, 4) is 11.1 Å². The van der Waals surface area contributed by atoms with Crippen molar-refractivity contribution >= 4 is 28.7 Å². The number of nitrogens with one attached hydrogen (secondary N) is 2. The molecule has 1 unspecified atom stereocenters. The summed E-state index contributed by atoms with van der Waals surface area (Å²) in [4.78, 5) is 14.9. The second-order valence-electron chi connectivity index (χ2n) is 7.99. The van der Waals surface area contributed by atoms with Crippen molar-refractivity contribution < 1.29 is 13.6 Å². The van der Waals surface area contributed by atoms with Gasteiger partial charge in [0.05, 0.1) is 12.1 Å². The average Bonchev–Trinajstić information content (AvgIpc) is 2.77. The van der Waals surface area contributed by atoms with Crippen molar-refractivity contribution in [2.75, 3.05) is 4.72 Å². The molecule has 0 fully saturated rings. The number of rotatable bonds is 9. The predicted octanol–water partition coefficient (Wildman–Crippen LogP) is 3.82. The van der Waals surface area contributed by atoms with Gasteiger partial charge in [0.25, 0.3) is 0 Å². The first-order valence-corrected chi connectivity index (χ1v) is 11.6. The van der Waals surface area contributed by atoms with Crippen LogP contribution in [0.2, 0.25) is 0 Å². The molecule has 3 aromatic rings. The van der Waals surface area contributed by atoms with Crippen LogP contribution in [0.1, 0.15) is 30.5 Å². The predicted molar refractivity (Wildman–Crippen MR) is 131 cm³/mol. The lowest BCUT2D eigenvalue weighted by atomic mass is 10.00. The molecule has 0 heterocycles. The Morgan fingerprint density at radius 3 is 2.42 bits per heavy atom. The van der Waals surface area contributed by atoms with Gasteiger partial charge >= 0.3 is 0 Å². The van der Waals surface area contributed by atoms with Crippen LogP contribution in [-0.4, -0.2) is 31.4 Å². The first kappa shape index (κ1) is 24.2. The average molecular weight is 464 g/mol. The van der Waals surface area contributed by atoms with Gasteiger partial charge in [-0.2, -0.15) is 0 Å². The van der Waals surface area contributed by atoms with E-state index < -0.39 is 11.3 Å². The quantitative estimate of drug-likeness (QED) is 0.254. The van der Waals surface area contributed by atoms with Crippen molar-refractivity contribution in [2.24, 2.45) is 5.73 Å². The molecule has 0 spiro atoms. The maximum absolute atomic E-state index is 13.2. The van der Waals surface area contributed by atoms with Gasteiger partial charge in [0.2, 0.25) is 5.91 Å². The van der Waals surface area contributed by atoms with Crippen molar-refractivity contribution in [1.82, 2.24) is 4.90 Å². The van der Waals surface area contributed by atoms with Crippen molar-refractivity contribution in [3.63, 3.8) is 0 Å². The van der Waals surface area contributed by atoms with Gasteiger partial charge in [-0.25, -0.2) is 0 Å². The molecule has 8 heteroatoms. The highest BCUT2D eigenvalue weighted by Crippen LogP contribution is 2.29. The Bertz CT molecular complexity index is 1170. The van der Waals surface area contributed by atoms with Crippen molar-refractivity contribution in [2.45, 2.75) is 32.9 Å². The Morgan fingerprint density at radius 1 is 1.06 bits per heavy atom. The molecule has 3 aromatic carbocycles. The Hall–Kier alpha value is -3.49. The molecule has 33 heavy (non-hydrogen) atoms. The Balaban J connectivity index is 1.84. The first-order valence-electron chi connectivity index (χ1n) is 10.5. The Morgan fingerprint density at radius 2 is 1.79 bits per heavy atom. The lowest BCUT2D eigenvalue weighted by molar-refractivity contribution is -0.132. The number of nitrogen functional groups attached to an aromatic ring is 1. The molecule has 0 saturated carbocycles. The molecule has 4 N–H and O–H groups in total. The number of benzene rings is 3. The number of hydrogen-bond donors (Lipinski definition) is 3. The van der Waals surface area contributed by atoms with E-state index in [1.165, 1.54) is 0 Å². The zero-order chi connectivity index (χ0) is 24.0. The van der Waals surface area contributed by atoms with Crippen molar-refractivity contribution in [1.29, 1.82) is 5.41 Å². The van der Waals surface area contributed by atoms with Gasteiger partial charge in [0.1, 0.15) is 5.84 Å². The Labute approximate surface area is 196 Å². The van der Waals surface area contributed by atoms with E-state index in [0.29, 0.717) is 23.4 Å². The summed E-state index contributed by atoms with van der Waals surface area (Å²) in [6.45, 7) is 4.27. The third kappa shape index (κ3) is 6.50. The zero-order valence-corrected chi connectivity index (χ0v) is 19.4. The summed E-state index contributed by atoms with van der Waals surface area (Å²) in [5.41, 5.74) is 9.82. The fourth-order valence-electron chi connectivity index (χ4n) is 3.61. The van der Waals surface area contributed by atoms with Crippen LogP contribution in [0.15, 0.2) is 72.8 Å². The molecule has 0 aromatic heterocycles. The highest BCUT2D eigenvalue weighted by Gasteiger charge is 2.19. The molecular formula is C25H27N4O3S-. The van der Waals surface area contributed by atoms with Crippen LogP contribution >= 0.6 is 0 Å². The first-order chi connectivity index (χ1) is 15.7. The monoisotopic (exact) mass is 463 g/mol. The minimum atomic E-state index is -2.49. The summed E-state index contributed by atoms with van der Waals surface area (Å²) in [5, 5.41) is 7.63. The van der Waals surface area contributed by atoms with E-state index in [-0.39, 0.29) is 24.2 Å². The van der Waals surface area contributed by atoms with Gasteiger partial charge in [-0.3, -0.25) is 14.4 Å². The van der Waals surface area contributed by atoms with E-state index in [9.17, 15) is 13.6 Å². The van der Waals surface area contributed by atoms with E-state index in [1.807, 2.05) is 74.5 Å². The van der Waals surface area contributed by atoms with Gasteiger partial charge in [0, 0.05) is 35.0 Å². The van der Waals surface area contributed by atoms with Crippen molar-refractivity contribution in [3.05, 3.63) is 89.5 Å². The summed E-state index contributed by atoms with van der Waals surface area (Å²) in [6, 6.07) is 22.1. The van der Waals surface area contributed by atoms with E-state index in [0.717, 1.165) is 16.7 Å². The van der Waals surface area contributed by atoms with Gasteiger partial charge in [-0.1, -0.05) is 60.7 Å². The number of amidine groups is 1. The summed E-state index contributed by atoms with van der Waals surface area (Å²) in [7, 11) is 0. The molecule has 7 nitrogen and oxygen atoms in total. The molecular weight excluding hydrogens is 436 g/mol. The molecule has 172 valence electrons. The maximum atomic E-state index is 13.2. The molecule has 0 saturated heterocycles. The van der Waals surface area contributed by atoms with Crippen LogP contribution in [-0.2, 0) is 29.0 Å². The van der Waals surface area contributed by atoms with Crippen LogP contribution in [0.4, 0.5) is 5.69 Å². The number of anilines is 1. The highest BCUT2D eigenvalue weighted by atomic mass is 32.2. The molecule has 0 aliphatic heterocycles. The number of amides is 1. The third-order valence-electron chi connectivity index (χ3n) is 5.25. The number of carbonyl (C=O) groups is 1. The van der Waals surface area contributed by atoms with Crippen LogP contribution in [0.5, 0.6) is 0 Å². The minimum Gasteiger partial charge on any atom is -0.755 e. The summed E-state index contributed by atoms with van der Waals surface area (Å²) in [5.74, 6) is -0.103. The summed E-state index contributed by atoms with van der Waals surface area (Å²) in [6.07, 6.45) is 0.125. The van der Waals surface area contributed by atoms with E-state index in [2.05, 4.69) is 4.72 Å². The van der Waals surface area contributed by atoms with Gasteiger partial charge in [-0.15, -0.1) is 0 Å². The smallest absolute Gasteiger partial charge is 0.227 e. The topological polar surface area (TPSA) is 122 Å². The molecule has 0 bridgehead atoms. The second kappa shape index (κ2) is 10.9. The molecule has 1 atom stereocenters. The molecule has 3 rings (SSSR count). The number of hydrogen-bond acceptors (Lipinski definition) is 4. The number of carbonyl (C=O) groups excluding carboxylic acids is 1. The van der Waals surface area contributed by atoms with Gasteiger partial charge in [0.15, 0.2) is 0 Å². The standard InChI is InChI=1S/C25H28N4O3S/c1-17(2)29(16-19-7-6-10-21(13-19)25(26)27)24(30)15-18-11-12-22(20-8-4-3-5-9-20)23(14-18)28-33(31)32/h3-14,17,28H,15-16H2,1-2H3,(H3,26,27)(H,31,32)/p-1. The molecule has 0 aliphatic carbocycles.